The fraction of sp³-hybridized carbons (Fsp3) is 0.375. The maximum absolute atomic E-state index is 14.3. The number of nitrogens with zero attached hydrogens (tertiary/aromatic N) is 2. The summed E-state index contributed by atoms with van der Waals surface area (Å²) in [4.78, 5) is 29.5. The van der Waals surface area contributed by atoms with E-state index in [9.17, 15) is 18.0 Å². The summed E-state index contributed by atoms with van der Waals surface area (Å²) in [5, 5.41) is 3.03. The Morgan fingerprint density at radius 3 is 2.24 bits per heavy atom. The predicted molar refractivity (Wildman–Crippen MR) is 165 cm³/mol. The summed E-state index contributed by atoms with van der Waals surface area (Å²) in [6, 6.07) is 22.3. The molecule has 0 aliphatic carbocycles. The van der Waals surface area contributed by atoms with Crippen LogP contribution in [0.1, 0.15) is 38.3 Å². The van der Waals surface area contributed by atoms with Gasteiger partial charge in [-0.15, -0.1) is 0 Å². The molecule has 0 saturated carbocycles. The van der Waals surface area contributed by atoms with Gasteiger partial charge in [0.15, 0.2) is 0 Å². The molecule has 42 heavy (non-hydrogen) atoms. The molecule has 226 valence electrons. The Bertz CT molecular complexity index is 1430. The molecular formula is C32H41N3O6S. The molecule has 0 fully saturated rings. The SMILES string of the molecule is CCOc1ccccc1N(CC(=O)N(Cc1cccc(OC)c1)[C@H](Cc1ccccc1)C(=O)N[C@@H](C)CC)S(C)(=O)=O. The summed E-state index contributed by atoms with van der Waals surface area (Å²) in [7, 11) is -2.36. The number of methoxy groups -OCH3 is 1. The van der Waals surface area contributed by atoms with Gasteiger partial charge in [0.2, 0.25) is 21.8 Å². The minimum Gasteiger partial charge on any atom is -0.497 e. The standard InChI is InChI=1S/C32H41N3O6S/c1-6-24(3)33-32(37)29(21-25-14-9-8-10-15-25)34(22-26-16-13-17-27(20-26)40-4)31(36)23-35(42(5,38)39)28-18-11-12-19-30(28)41-7-2/h8-20,24,29H,6-7,21-23H2,1-5H3,(H,33,37)/t24-,29+/m0/s1. The highest BCUT2D eigenvalue weighted by molar-refractivity contribution is 7.92. The van der Waals surface area contributed by atoms with Crippen LogP contribution in [-0.4, -0.2) is 63.7 Å². The number of carbonyl (C=O) groups excluding carboxylic acids is 2. The summed E-state index contributed by atoms with van der Waals surface area (Å²) < 4.78 is 38.2. The first-order chi connectivity index (χ1) is 20.1. The number of benzene rings is 3. The third-order valence-corrected chi connectivity index (χ3v) is 8.00. The van der Waals surface area contributed by atoms with Gasteiger partial charge >= 0.3 is 0 Å². The van der Waals surface area contributed by atoms with Gasteiger partial charge in [-0.3, -0.25) is 13.9 Å². The molecule has 0 unspecified atom stereocenters. The lowest BCUT2D eigenvalue weighted by atomic mass is 10.0. The Balaban J connectivity index is 2.10. The maximum Gasteiger partial charge on any atom is 0.244 e. The summed E-state index contributed by atoms with van der Waals surface area (Å²) in [5.41, 5.74) is 1.85. The van der Waals surface area contributed by atoms with Crippen molar-refractivity contribution >= 4 is 27.5 Å². The van der Waals surface area contributed by atoms with Gasteiger partial charge in [-0.1, -0.05) is 61.5 Å². The number of nitrogens with one attached hydrogen (secondary N) is 1. The van der Waals surface area contributed by atoms with Gasteiger partial charge in [0.25, 0.3) is 0 Å². The number of amides is 2. The molecular weight excluding hydrogens is 554 g/mol. The summed E-state index contributed by atoms with van der Waals surface area (Å²) >= 11 is 0. The summed E-state index contributed by atoms with van der Waals surface area (Å²) in [6.07, 6.45) is 2.00. The first-order valence-electron chi connectivity index (χ1n) is 14.0. The van der Waals surface area contributed by atoms with Crippen LogP contribution < -0.4 is 19.1 Å². The molecule has 0 heterocycles. The molecule has 2 amide bonds. The molecule has 1 N–H and O–H groups in total. The van der Waals surface area contributed by atoms with Gasteiger partial charge in [-0.05, 0) is 55.7 Å². The van der Waals surface area contributed by atoms with E-state index in [0.717, 1.165) is 21.7 Å². The van der Waals surface area contributed by atoms with Gasteiger partial charge in [0, 0.05) is 19.0 Å². The van der Waals surface area contributed by atoms with Crippen molar-refractivity contribution in [2.24, 2.45) is 0 Å². The highest BCUT2D eigenvalue weighted by Crippen LogP contribution is 2.30. The van der Waals surface area contributed by atoms with Crippen LogP contribution in [0, 0.1) is 0 Å². The molecule has 9 nitrogen and oxygen atoms in total. The quantitative estimate of drug-likeness (QED) is 0.279. The molecule has 3 aromatic rings. The topological polar surface area (TPSA) is 105 Å². The van der Waals surface area contributed by atoms with E-state index in [1.807, 2.05) is 56.3 Å². The zero-order chi connectivity index (χ0) is 30.7. The Labute approximate surface area is 249 Å². The van der Waals surface area contributed by atoms with E-state index in [0.29, 0.717) is 24.5 Å². The number of hydrogen-bond acceptors (Lipinski definition) is 6. The minimum atomic E-state index is -3.91. The molecule has 10 heteroatoms. The zero-order valence-corrected chi connectivity index (χ0v) is 25.8. The molecule has 0 saturated heterocycles. The fourth-order valence-electron chi connectivity index (χ4n) is 4.50. The number of para-hydroxylation sites is 2. The third kappa shape index (κ3) is 8.97. The van der Waals surface area contributed by atoms with Crippen LogP contribution in [0.2, 0.25) is 0 Å². The number of sulfonamides is 1. The first-order valence-corrected chi connectivity index (χ1v) is 15.9. The smallest absolute Gasteiger partial charge is 0.244 e. The van der Waals surface area contributed by atoms with Gasteiger partial charge in [0.05, 0.1) is 25.7 Å². The largest absolute Gasteiger partial charge is 0.497 e. The summed E-state index contributed by atoms with van der Waals surface area (Å²) in [6.45, 7) is 5.53. The second-order valence-electron chi connectivity index (χ2n) is 10.1. The first kappa shape index (κ1) is 32.5. The average molecular weight is 596 g/mol. The predicted octanol–water partition coefficient (Wildman–Crippen LogP) is 4.41. The normalized spacial score (nSPS) is 12.6. The lowest BCUT2D eigenvalue weighted by molar-refractivity contribution is -0.140. The van der Waals surface area contributed by atoms with E-state index in [2.05, 4.69) is 5.32 Å². The van der Waals surface area contributed by atoms with Crippen molar-refractivity contribution in [2.45, 2.75) is 52.2 Å². The van der Waals surface area contributed by atoms with Gasteiger partial charge < -0.3 is 19.7 Å². The molecule has 3 rings (SSSR count). The molecule has 0 radical (unpaired) electrons. The molecule has 0 aliphatic rings. The van der Waals surface area contributed by atoms with Crippen molar-refractivity contribution < 1.29 is 27.5 Å². The monoisotopic (exact) mass is 595 g/mol. The molecule has 0 bridgehead atoms. The Kier molecular flexibility index (Phi) is 11.8. The van der Waals surface area contributed by atoms with Crippen LogP contribution in [0.4, 0.5) is 5.69 Å². The average Bonchev–Trinajstić information content (AvgIpc) is 2.98. The number of ether oxygens (including phenoxy) is 2. The van der Waals surface area contributed by atoms with Crippen molar-refractivity contribution in [3.8, 4) is 11.5 Å². The van der Waals surface area contributed by atoms with E-state index in [1.165, 1.54) is 4.90 Å². The van der Waals surface area contributed by atoms with Crippen LogP contribution in [0.25, 0.3) is 0 Å². The minimum absolute atomic E-state index is 0.0617. The number of rotatable bonds is 15. The molecule has 0 spiro atoms. The van der Waals surface area contributed by atoms with Crippen molar-refractivity contribution in [2.75, 3.05) is 30.8 Å². The Morgan fingerprint density at radius 2 is 1.60 bits per heavy atom. The van der Waals surface area contributed by atoms with E-state index in [4.69, 9.17) is 9.47 Å². The summed E-state index contributed by atoms with van der Waals surface area (Å²) in [5.74, 6) is 0.0970. The van der Waals surface area contributed by atoms with Crippen molar-refractivity contribution in [3.05, 3.63) is 90.0 Å². The Hall–Kier alpha value is -4.05. The highest BCUT2D eigenvalue weighted by atomic mass is 32.2. The maximum atomic E-state index is 14.3. The third-order valence-electron chi connectivity index (χ3n) is 6.87. The van der Waals surface area contributed by atoms with E-state index in [1.54, 1.807) is 50.4 Å². The molecule has 0 aromatic heterocycles. The van der Waals surface area contributed by atoms with Crippen molar-refractivity contribution in [3.63, 3.8) is 0 Å². The van der Waals surface area contributed by atoms with Crippen LogP contribution in [0.15, 0.2) is 78.9 Å². The van der Waals surface area contributed by atoms with Crippen LogP contribution in [-0.2, 0) is 32.6 Å². The van der Waals surface area contributed by atoms with Gasteiger partial charge in [-0.2, -0.15) is 0 Å². The van der Waals surface area contributed by atoms with Crippen molar-refractivity contribution in [1.82, 2.24) is 10.2 Å². The fourth-order valence-corrected chi connectivity index (χ4v) is 5.35. The van der Waals surface area contributed by atoms with E-state index < -0.39 is 28.5 Å². The molecule has 2 atom stereocenters. The van der Waals surface area contributed by atoms with E-state index in [-0.39, 0.29) is 30.6 Å². The van der Waals surface area contributed by atoms with Crippen LogP contribution >= 0.6 is 0 Å². The van der Waals surface area contributed by atoms with Crippen LogP contribution in [0.5, 0.6) is 11.5 Å². The Morgan fingerprint density at radius 1 is 0.929 bits per heavy atom. The molecule has 0 aliphatic heterocycles. The van der Waals surface area contributed by atoms with Crippen molar-refractivity contribution in [1.29, 1.82) is 0 Å². The van der Waals surface area contributed by atoms with Crippen LogP contribution in [0.3, 0.4) is 0 Å². The van der Waals surface area contributed by atoms with Gasteiger partial charge in [0.1, 0.15) is 24.1 Å². The van der Waals surface area contributed by atoms with Gasteiger partial charge in [-0.25, -0.2) is 8.42 Å². The second-order valence-corrected chi connectivity index (χ2v) is 12.0. The lowest BCUT2D eigenvalue weighted by Crippen LogP contribution is -2.54. The lowest BCUT2D eigenvalue weighted by Gasteiger charge is -2.34. The number of hydrogen-bond donors (Lipinski definition) is 1. The zero-order valence-electron chi connectivity index (χ0n) is 24.9. The molecule has 3 aromatic carbocycles. The van der Waals surface area contributed by atoms with E-state index >= 15 is 0 Å². The second kappa shape index (κ2) is 15.3. The number of carbonyl (C=O) groups is 2. The number of anilines is 1. The highest BCUT2D eigenvalue weighted by Gasteiger charge is 2.34.